The summed E-state index contributed by atoms with van der Waals surface area (Å²) in [5, 5.41) is 2.87. The molecule has 0 bridgehead atoms. The number of hydrogen-bond acceptors (Lipinski definition) is 4. The zero-order valence-electron chi connectivity index (χ0n) is 10.2. The lowest BCUT2D eigenvalue weighted by molar-refractivity contribution is -0.124. The van der Waals surface area contributed by atoms with Gasteiger partial charge in [-0.3, -0.25) is 4.79 Å². The van der Waals surface area contributed by atoms with Crippen LogP contribution in [0.1, 0.15) is 19.8 Å². The molecule has 0 saturated heterocycles. The molecule has 2 atom stereocenters. The zero-order chi connectivity index (χ0) is 11.7. The van der Waals surface area contributed by atoms with E-state index < -0.39 is 0 Å². The predicted octanol–water partition coefficient (Wildman–Crippen LogP) is 0.313. The molecule has 2 unspecified atom stereocenters. The van der Waals surface area contributed by atoms with E-state index in [0.29, 0.717) is 19.6 Å². The van der Waals surface area contributed by atoms with E-state index in [1.54, 1.807) is 14.2 Å². The maximum Gasteiger partial charge on any atom is 0.222 e. The number of rotatable bonds is 8. The normalized spacial score (nSPS) is 13.8. The van der Waals surface area contributed by atoms with Crippen LogP contribution >= 0.6 is 12.4 Å². The predicted molar refractivity (Wildman–Crippen MR) is 65.8 cm³/mol. The van der Waals surface area contributed by atoms with Crippen molar-refractivity contribution < 1.29 is 14.3 Å². The molecule has 0 heterocycles. The lowest BCUT2D eigenvalue weighted by Crippen LogP contribution is -2.40. The van der Waals surface area contributed by atoms with Crippen LogP contribution in [0, 0.1) is 0 Å². The second kappa shape index (κ2) is 11.1. The van der Waals surface area contributed by atoms with Crippen molar-refractivity contribution >= 4 is 18.3 Å². The molecule has 3 N–H and O–H groups in total. The van der Waals surface area contributed by atoms with Crippen LogP contribution in [0.3, 0.4) is 0 Å². The number of halogens is 1. The van der Waals surface area contributed by atoms with Crippen LogP contribution in [-0.4, -0.2) is 45.4 Å². The van der Waals surface area contributed by atoms with Gasteiger partial charge >= 0.3 is 0 Å². The van der Waals surface area contributed by atoms with Crippen LogP contribution in [0.15, 0.2) is 0 Å². The highest BCUT2D eigenvalue weighted by Crippen LogP contribution is 1.97. The van der Waals surface area contributed by atoms with Crippen molar-refractivity contribution in [2.45, 2.75) is 31.9 Å². The highest BCUT2D eigenvalue weighted by Gasteiger charge is 2.14. The Morgan fingerprint density at radius 3 is 2.44 bits per heavy atom. The van der Waals surface area contributed by atoms with Gasteiger partial charge in [0.05, 0.1) is 25.2 Å². The van der Waals surface area contributed by atoms with E-state index in [2.05, 4.69) is 5.32 Å². The number of hydrogen-bond donors (Lipinski definition) is 2. The Morgan fingerprint density at radius 1 is 1.44 bits per heavy atom. The minimum atomic E-state index is -0.204. The summed E-state index contributed by atoms with van der Waals surface area (Å²) in [5.74, 6) is -0.0452. The molecule has 0 saturated carbocycles. The molecule has 0 aromatic carbocycles. The zero-order valence-corrected chi connectivity index (χ0v) is 11.0. The number of amides is 1. The van der Waals surface area contributed by atoms with Gasteiger partial charge in [0.25, 0.3) is 0 Å². The second-order valence-corrected chi connectivity index (χ2v) is 3.43. The van der Waals surface area contributed by atoms with Gasteiger partial charge in [0, 0.05) is 20.8 Å². The van der Waals surface area contributed by atoms with E-state index in [0.717, 1.165) is 6.42 Å². The quantitative estimate of drug-likeness (QED) is 0.654. The highest BCUT2D eigenvalue weighted by atomic mass is 35.5. The topological polar surface area (TPSA) is 73.6 Å². The summed E-state index contributed by atoms with van der Waals surface area (Å²) in [6.07, 6.45) is 0.942. The summed E-state index contributed by atoms with van der Waals surface area (Å²) in [6.45, 7) is 2.88. The molecular formula is C10H23ClN2O3. The molecule has 6 heteroatoms. The monoisotopic (exact) mass is 254 g/mol. The Labute approximate surface area is 103 Å². The summed E-state index contributed by atoms with van der Waals surface area (Å²) in [7, 11) is 3.17. The largest absolute Gasteiger partial charge is 0.383 e. The minimum Gasteiger partial charge on any atom is -0.383 e. The molecule has 0 aliphatic rings. The van der Waals surface area contributed by atoms with Crippen LogP contribution in [0.4, 0.5) is 0 Å². The summed E-state index contributed by atoms with van der Waals surface area (Å²) in [4.78, 5) is 11.5. The van der Waals surface area contributed by atoms with Gasteiger partial charge in [-0.2, -0.15) is 0 Å². The lowest BCUT2D eigenvalue weighted by Gasteiger charge is -2.18. The summed E-state index contributed by atoms with van der Waals surface area (Å²) < 4.78 is 10.0. The fourth-order valence-electron chi connectivity index (χ4n) is 1.22. The number of ether oxygens (including phenoxy) is 2. The van der Waals surface area contributed by atoms with Gasteiger partial charge in [-0.15, -0.1) is 12.4 Å². The van der Waals surface area contributed by atoms with Crippen LogP contribution in [0.2, 0.25) is 0 Å². The Kier molecular flexibility index (Phi) is 12.5. The van der Waals surface area contributed by atoms with Crippen molar-refractivity contribution in [3.05, 3.63) is 0 Å². The Bertz CT molecular complexity index is 177. The van der Waals surface area contributed by atoms with Crippen molar-refractivity contribution in [3.63, 3.8) is 0 Å². The third kappa shape index (κ3) is 7.87. The number of carbonyl (C=O) groups excluding carboxylic acids is 1. The Morgan fingerprint density at radius 2 is 2.06 bits per heavy atom. The lowest BCUT2D eigenvalue weighted by atomic mass is 10.2. The van der Waals surface area contributed by atoms with Crippen LogP contribution < -0.4 is 11.1 Å². The van der Waals surface area contributed by atoms with Crippen molar-refractivity contribution in [3.8, 4) is 0 Å². The van der Waals surface area contributed by atoms with E-state index >= 15 is 0 Å². The van der Waals surface area contributed by atoms with Gasteiger partial charge < -0.3 is 20.5 Å². The van der Waals surface area contributed by atoms with E-state index in [4.69, 9.17) is 15.2 Å². The third-order valence-corrected chi connectivity index (χ3v) is 2.24. The van der Waals surface area contributed by atoms with Gasteiger partial charge in [-0.05, 0) is 6.42 Å². The molecule has 0 aromatic heterocycles. The highest BCUT2D eigenvalue weighted by molar-refractivity contribution is 5.85. The minimum absolute atomic E-state index is 0. The first kappa shape index (κ1) is 18.0. The van der Waals surface area contributed by atoms with E-state index in [-0.39, 0.29) is 30.5 Å². The summed E-state index contributed by atoms with van der Waals surface area (Å²) in [6, 6.07) is 0.0674. The molecule has 98 valence electrons. The van der Waals surface area contributed by atoms with Crippen molar-refractivity contribution in [1.82, 2.24) is 5.32 Å². The van der Waals surface area contributed by atoms with Gasteiger partial charge in [0.1, 0.15) is 0 Å². The number of nitrogens with two attached hydrogens (primary N) is 1. The molecule has 0 aliphatic heterocycles. The van der Waals surface area contributed by atoms with Gasteiger partial charge in [-0.25, -0.2) is 0 Å². The summed E-state index contributed by atoms with van der Waals surface area (Å²) in [5.41, 5.74) is 5.42. The molecule has 16 heavy (non-hydrogen) atoms. The first-order valence-electron chi connectivity index (χ1n) is 5.19. The average molecular weight is 255 g/mol. The van der Waals surface area contributed by atoms with Crippen LogP contribution in [0.5, 0.6) is 0 Å². The van der Waals surface area contributed by atoms with Gasteiger partial charge in [0.15, 0.2) is 0 Å². The molecule has 0 aliphatic carbocycles. The Balaban J connectivity index is 0. The number of nitrogens with one attached hydrogen (secondary N) is 1. The van der Waals surface area contributed by atoms with Crippen LogP contribution in [0.25, 0.3) is 0 Å². The fraction of sp³-hybridized carbons (Fsp3) is 0.900. The molecular weight excluding hydrogens is 232 g/mol. The van der Waals surface area contributed by atoms with E-state index in [1.807, 2.05) is 6.92 Å². The third-order valence-electron chi connectivity index (χ3n) is 2.24. The van der Waals surface area contributed by atoms with E-state index in [1.165, 1.54) is 0 Å². The average Bonchev–Trinajstić information content (AvgIpc) is 2.25. The molecule has 0 aromatic rings. The van der Waals surface area contributed by atoms with E-state index in [9.17, 15) is 4.79 Å². The van der Waals surface area contributed by atoms with Crippen molar-refractivity contribution in [2.24, 2.45) is 5.73 Å². The number of methoxy groups -OCH3 is 2. The standard InChI is InChI=1S/C10H22N2O3.ClH/c1-4-8(7-14-2)12-10(13)5-9(6-11)15-3;/h8-9H,4-7,11H2,1-3H3,(H,12,13);1H. The van der Waals surface area contributed by atoms with Crippen molar-refractivity contribution in [1.29, 1.82) is 0 Å². The molecule has 0 fully saturated rings. The first-order chi connectivity index (χ1) is 7.17. The maximum atomic E-state index is 11.5. The first-order valence-corrected chi connectivity index (χ1v) is 5.19. The summed E-state index contributed by atoms with van der Waals surface area (Å²) >= 11 is 0. The van der Waals surface area contributed by atoms with Crippen LogP contribution in [-0.2, 0) is 14.3 Å². The maximum absolute atomic E-state index is 11.5. The molecule has 5 nitrogen and oxygen atoms in total. The molecule has 0 rings (SSSR count). The number of carbonyl (C=O) groups is 1. The van der Waals surface area contributed by atoms with Gasteiger partial charge in [0.2, 0.25) is 5.91 Å². The molecule has 0 radical (unpaired) electrons. The second-order valence-electron chi connectivity index (χ2n) is 3.43. The van der Waals surface area contributed by atoms with Gasteiger partial charge in [-0.1, -0.05) is 6.92 Å². The Hall–Kier alpha value is -0.360. The molecule has 1 amide bonds. The molecule has 0 spiro atoms. The fourth-order valence-corrected chi connectivity index (χ4v) is 1.22. The van der Waals surface area contributed by atoms with Crippen molar-refractivity contribution in [2.75, 3.05) is 27.4 Å². The SMILES string of the molecule is CCC(COC)NC(=O)CC(CN)OC.Cl. The smallest absolute Gasteiger partial charge is 0.222 e.